The Bertz CT molecular complexity index is 443. The van der Waals surface area contributed by atoms with Crippen molar-refractivity contribution in [2.45, 2.75) is 23.7 Å². The summed E-state index contributed by atoms with van der Waals surface area (Å²) in [5, 5.41) is 2.41. The Labute approximate surface area is 106 Å². The van der Waals surface area contributed by atoms with Gasteiger partial charge in [-0.3, -0.25) is 9.59 Å². The van der Waals surface area contributed by atoms with Crippen LogP contribution in [0.25, 0.3) is 0 Å². The molecule has 0 fully saturated rings. The number of alkyl halides is 3. The molecule has 0 aromatic heterocycles. The van der Waals surface area contributed by atoms with Crippen LogP contribution in [0.5, 0.6) is 0 Å². The minimum absolute atomic E-state index is 0.0343. The van der Waals surface area contributed by atoms with Gasteiger partial charge in [0.15, 0.2) is 0 Å². The van der Waals surface area contributed by atoms with E-state index in [1.165, 1.54) is 31.2 Å². The largest absolute Gasteiger partial charge is 0.446 e. The highest BCUT2D eigenvalue weighted by atomic mass is 32.2. The van der Waals surface area contributed by atoms with Crippen LogP contribution >= 0.6 is 11.8 Å². The average molecular weight is 277 g/mol. The molecular weight excluding hydrogens is 267 g/mol. The van der Waals surface area contributed by atoms with Crippen molar-refractivity contribution in [2.75, 3.05) is 5.32 Å². The minimum atomic E-state index is -4.33. The zero-order valence-electron chi connectivity index (χ0n) is 9.38. The van der Waals surface area contributed by atoms with Crippen LogP contribution in [0.1, 0.15) is 13.3 Å². The molecule has 1 rings (SSSR count). The molecule has 7 heteroatoms. The Morgan fingerprint density at radius 1 is 1.22 bits per heavy atom. The van der Waals surface area contributed by atoms with Crippen LogP contribution < -0.4 is 5.32 Å². The maximum Gasteiger partial charge on any atom is 0.446 e. The third kappa shape index (κ3) is 5.72. The van der Waals surface area contributed by atoms with E-state index in [4.69, 9.17) is 0 Å². The van der Waals surface area contributed by atoms with Crippen LogP contribution in [-0.4, -0.2) is 17.2 Å². The molecule has 0 saturated carbocycles. The van der Waals surface area contributed by atoms with E-state index in [2.05, 4.69) is 5.32 Å². The predicted molar refractivity (Wildman–Crippen MR) is 62.3 cm³/mol. The van der Waals surface area contributed by atoms with Gasteiger partial charge in [0.2, 0.25) is 5.91 Å². The van der Waals surface area contributed by atoms with Gasteiger partial charge in [0.25, 0.3) is 0 Å². The number of hydrogen-bond acceptors (Lipinski definition) is 3. The Balaban J connectivity index is 2.60. The van der Waals surface area contributed by atoms with Gasteiger partial charge in [-0.1, -0.05) is 0 Å². The SMILES string of the molecule is CC(=O)CC(=O)Nc1ccc(SC(F)(F)F)cc1. The van der Waals surface area contributed by atoms with Gasteiger partial charge in [0.05, 0.1) is 6.42 Å². The van der Waals surface area contributed by atoms with Gasteiger partial charge in [-0.15, -0.1) is 0 Å². The Morgan fingerprint density at radius 3 is 2.22 bits per heavy atom. The van der Waals surface area contributed by atoms with Crippen LogP contribution in [0.3, 0.4) is 0 Å². The third-order valence-electron chi connectivity index (χ3n) is 1.78. The van der Waals surface area contributed by atoms with Gasteiger partial charge in [-0.25, -0.2) is 0 Å². The van der Waals surface area contributed by atoms with Crippen molar-refractivity contribution >= 4 is 29.1 Å². The van der Waals surface area contributed by atoms with Crippen LogP contribution in [0.2, 0.25) is 0 Å². The smallest absolute Gasteiger partial charge is 0.326 e. The van der Waals surface area contributed by atoms with E-state index in [9.17, 15) is 22.8 Å². The quantitative estimate of drug-likeness (QED) is 0.679. The molecule has 0 spiro atoms. The average Bonchev–Trinajstić information content (AvgIpc) is 2.17. The molecule has 0 bridgehead atoms. The summed E-state index contributed by atoms with van der Waals surface area (Å²) in [6, 6.07) is 5.21. The second-order valence-corrected chi connectivity index (χ2v) is 4.64. The number of ketones is 1. The van der Waals surface area contributed by atoms with E-state index < -0.39 is 11.4 Å². The summed E-state index contributed by atoms with van der Waals surface area (Å²) in [5.74, 6) is -0.768. The lowest BCUT2D eigenvalue weighted by molar-refractivity contribution is -0.124. The number of carbonyl (C=O) groups excluding carboxylic acids is 2. The topological polar surface area (TPSA) is 46.2 Å². The highest BCUT2D eigenvalue weighted by Gasteiger charge is 2.28. The van der Waals surface area contributed by atoms with Crippen LogP contribution in [0.15, 0.2) is 29.2 Å². The standard InChI is InChI=1S/C11H10F3NO2S/c1-7(16)6-10(17)15-8-2-4-9(5-3-8)18-11(12,13)14/h2-5H,6H2,1H3,(H,15,17). The number of amides is 1. The molecule has 1 aromatic rings. The van der Waals surface area contributed by atoms with E-state index in [1.54, 1.807) is 0 Å². The molecule has 1 aromatic carbocycles. The molecule has 0 heterocycles. The molecular formula is C11H10F3NO2S. The lowest BCUT2D eigenvalue weighted by Gasteiger charge is -2.07. The zero-order valence-corrected chi connectivity index (χ0v) is 10.2. The molecule has 0 atom stereocenters. The normalized spacial score (nSPS) is 11.1. The first-order valence-electron chi connectivity index (χ1n) is 4.91. The van der Waals surface area contributed by atoms with Crippen molar-refractivity contribution in [3.8, 4) is 0 Å². The van der Waals surface area contributed by atoms with Gasteiger partial charge in [-0.05, 0) is 43.0 Å². The third-order valence-corrected chi connectivity index (χ3v) is 2.52. The van der Waals surface area contributed by atoms with Crippen molar-refractivity contribution in [3.05, 3.63) is 24.3 Å². The number of anilines is 1. The Morgan fingerprint density at radius 2 is 1.78 bits per heavy atom. The fourth-order valence-electron chi connectivity index (χ4n) is 1.17. The van der Waals surface area contributed by atoms with E-state index in [0.29, 0.717) is 5.69 Å². The van der Waals surface area contributed by atoms with E-state index >= 15 is 0 Å². The maximum atomic E-state index is 12.1. The molecule has 98 valence electrons. The fraction of sp³-hybridized carbons (Fsp3) is 0.273. The highest BCUT2D eigenvalue weighted by molar-refractivity contribution is 8.00. The molecule has 1 amide bonds. The molecule has 0 unspecified atom stereocenters. The summed E-state index contributed by atoms with van der Waals surface area (Å²) in [4.78, 5) is 21.9. The molecule has 0 radical (unpaired) electrons. The fourth-order valence-corrected chi connectivity index (χ4v) is 1.71. The monoisotopic (exact) mass is 277 g/mol. The van der Waals surface area contributed by atoms with Crippen LogP contribution in [0, 0.1) is 0 Å². The van der Waals surface area contributed by atoms with Gasteiger partial charge in [0.1, 0.15) is 5.78 Å². The van der Waals surface area contributed by atoms with Crippen molar-refractivity contribution in [3.63, 3.8) is 0 Å². The second kappa shape index (κ2) is 5.90. The summed E-state index contributed by atoms with van der Waals surface area (Å²) >= 11 is -0.228. The summed E-state index contributed by atoms with van der Waals surface area (Å²) in [7, 11) is 0. The van der Waals surface area contributed by atoms with Crippen LogP contribution in [0.4, 0.5) is 18.9 Å². The molecule has 18 heavy (non-hydrogen) atoms. The van der Waals surface area contributed by atoms with Crippen molar-refractivity contribution in [1.29, 1.82) is 0 Å². The number of halogens is 3. The summed E-state index contributed by atoms with van der Waals surface area (Å²) in [6.45, 7) is 1.28. The number of Topliss-reactive ketones (excluding diaryl/α,β-unsaturated/α-hetero) is 1. The number of benzene rings is 1. The maximum absolute atomic E-state index is 12.1. The first-order chi connectivity index (χ1) is 8.26. The number of hydrogen-bond donors (Lipinski definition) is 1. The molecule has 0 aliphatic rings. The summed E-state index contributed by atoms with van der Waals surface area (Å²) < 4.78 is 36.2. The first-order valence-corrected chi connectivity index (χ1v) is 5.73. The molecule has 1 N–H and O–H groups in total. The number of thioether (sulfide) groups is 1. The Hall–Kier alpha value is -1.50. The zero-order chi connectivity index (χ0) is 13.8. The lowest BCUT2D eigenvalue weighted by atomic mass is 10.2. The summed E-state index contributed by atoms with van der Waals surface area (Å²) in [6.07, 6.45) is -0.251. The highest BCUT2D eigenvalue weighted by Crippen LogP contribution is 2.36. The summed E-state index contributed by atoms with van der Waals surface area (Å²) in [5.41, 5.74) is -3.98. The van der Waals surface area contributed by atoms with Gasteiger partial charge in [-0.2, -0.15) is 13.2 Å². The minimum Gasteiger partial charge on any atom is -0.326 e. The van der Waals surface area contributed by atoms with Gasteiger partial charge < -0.3 is 5.32 Å². The van der Waals surface area contributed by atoms with Gasteiger partial charge >= 0.3 is 5.51 Å². The van der Waals surface area contributed by atoms with Gasteiger partial charge in [0, 0.05) is 10.6 Å². The number of rotatable bonds is 4. The first kappa shape index (κ1) is 14.6. The second-order valence-electron chi connectivity index (χ2n) is 3.50. The number of carbonyl (C=O) groups is 2. The molecule has 0 aliphatic carbocycles. The predicted octanol–water partition coefficient (Wildman–Crippen LogP) is 3.22. The molecule has 0 aliphatic heterocycles. The van der Waals surface area contributed by atoms with Crippen molar-refractivity contribution in [2.24, 2.45) is 0 Å². The Kier molecular flexibility index (Phi) is 4.77. The van der Waals surface area contributed by atoms with E-state index in [0.717, 1.165) is 0 Å². The molecule has 0 saturated heterocycles. The number of nitrogens with one attached hydrogen (secondary N) is 1. The van der Waals surface area contributed by atoms with E-state index in [1.807, 2.05) is 0 Å². The van der Waals surface area contributed by atoms with Crippen LogP contribution in [-0.2, 0) is 9.59 Å². The lowest BCUT2D eigenvalue weighted by Crippen LogP contribution is -2.14. The van der Waals surface area contributed by atoms with E-state index in [-0.39, 0.29) is 28.9 Å². The van der Waals surface area contributed by atoms with Crippen molar-refractivity contribution < 1.29 is 22.8 Å². The van der Waals surface area contributed by atoms with Crippen molar-refractivity contribution in [1.82, 2.24) is 0 Å². The molecule has 3 nitrogen and oxygen atoms in total.